The normalized spacial score (nSPS) is 15.1. The van der Waals surface area contributed by atoms with Crippen molar-refractivity contribution in [1.29, 1.82) is 0 Å². The molecule has 150 valence electrons. The lowest BCUT2D eigenvalue weighted by atomic mass is 10.1. The van der Waals surface area contributed by atoms with Crippen LogP contribution in [0.25, 0.3) is 0 Å². The molecule has 4 N–H and O–H groups in total. The number of nitrogens with two attached hydrogens (primary N) is 2. The van der Waals surface area contributed by atoms with Crippen LogP contribution in [0, 0.1) is 0 Å². The molecular formula is C17H18ClF3N6O. The van der Waals surface area contributed by atoms with Crippen LogP contribution in [-0.4, -0.2) is 33.7 Å². The molecule has 0 unspecified atom stereocenters. The van der Waals surface area contributed by atoms with Gasteiger partial charge in [0.05, 0.1) is 28.4 Å². The number of alkyl halides is 3. The Morgan fingerprint density at radius 1 is 1.32 bits per heavy atom. The number of hydrogen-bond acceptors (Lipinski definition) is 5. The second-order valence-electron chi connectivity index (χ2n) is 6.33. The number of carbonyl (C=O) groups excluding carboxylic acids is 1. The monoisotopic (exact) mass is 414 g/mol. The van der Waals surface area contributed by atoms with Gasteiger partial charge in [-0.15, -0.1) is 0 Å². The number of rotatable bonds is 3. The van der Waals surface area contributed by atoms with E-state index in [2.05, 4.69) is 5.10 Å². The first-order chi connectivity index (χ1) is 13.1. The Kier molecular flexibility index (Phi) is 5.26. The number of benzene rings is 1. The van der Waals surface area contributed by atoms with E-state index in [1.807, 2.05) is 0 Å². The number of aryl methyl sites for hydroxylation is 1. The van der Waals surface area contributed by atoms with Crippen molar-refractivity contribution in [1.82, 2.24) is 14.7 Å². The minimum absolute atomic E-state index is 0.0152. The van der Waals surface area contributed by atoms with Gasteiger partial charge in [0.15, 0.2) is 5.82 Å². The Morgan fingerprint density at radius 3 is 2.61 bits per heavy atom. The van der Waals surface area contributed by atoms with E-state index in [4.69, 9.17) is 23.2 Å². The Bertz CT molecular complexity index is 939. The molecule has 0 aliphatic carbocycles. The lowest BCUT2D eigenvalue weighted by Gasteiger charge is -2.32. The molecule has 1 aliphatic rings. The first-order valence-corrected chi connectivity index (χ1v) is 8.64. The number of aromatic nitrogens is 2. The van der Waals surface area contributed by atoms with Crippen LogP contribution >= 0.6 is 11.6 Å². The molecule has 11 heteroatoms. The molecule has 1 aromatic carbocycles. The Balaban J connectivity index is 1.82. The summed E-state index contributed by atoms with van der Waals surface area (Å²) in [5.41, 5.74) is 5.74. The maximum Gasteiger partial charge on any atom is 0.417 e. The number of halogens is 4. The molecule has 0 spiro atoms. The zero-order valence-electron chi connectivity index (χ0n) is 14.9. The van der Waals surface area contributed by atoms with E-state index in [9.17, 15) is 18.0 Å². The summed E-state index contributed by atoms with van der Waals surface area (Å²) in [6.45, 7) is 0.239. The summed E-state index contributed by atoms with van der Waals surface area (Å²) < 4.78 is 40.7. The second-order valence-corrected chi connectivity index (χ2v) is 6.71. The molecule has 0 fully saturated rings. The highest BCUT2D eigenvalue weighted by Gasteiger charge is 2.35. The SMILES string of the molecule is Cn1ccc(N(N)C2=C(N)CN(C(=O)c3cccc(C(F)(F)F)c3Cl)CC2)n1. The predicted octanol–water partition coefficient (Wildman–Crippen LogP) is 2.49. The second kappa shape index (κ2) is 7.36. The van der Waals surface area contributed by atoms with E-state index in [0.29, 0.717) is 23.6 Å². The van der Waals surface area contributed by atoms with Gasteiger partial charge in [-0.1, -0.05) is 17.7 Å². The van der Waals surface area contributed by atoms with Crippen molar-refractivity contribution in [2.45, 2.75) is 12.6 Å². The van der Waals surface area contributed by atoms with Gasteiger partial charge in [0.2, 0.25) is 0 Å². The number of carbonyl (C=O) groups is 1. The Hall–Kier alpha value is -2.72. The summed E-state index contributed by atoms with van der Waals surface area (Å²) in [6, 6.07) is 4.96. The van der Waals surface area contributed by atoms with Crippen molar-refractivity contribution in [2.75, 3.05) is 18.1 Å². The average Bonchev–Trinajstić information content (AvgIpc) is 3.06. The third kappa shape index (κ3) is 3.78. The number of anilines is 1. The largest absolute Gasteiger partial charge is 0.417 e. The number of nitrogens with zero attached hydrogens (tertiary/aromatic N) is 4. The molecule has 1 aromatic heterocycles. The molecule has 2 aromatic rings. The number of amides is 1. The van der Waals surface area contributed by atoms with Crippen LogP contribution in [0.1, 0.15) is 22.3 Å². The summed E-state index contributed by atoms with van der Waals surface area (Å²) >= 11 is 5.86. The van der Waals surface area contributed by atoms with Gasteiger partial charge in [0, 0.05) is 38.0 Å². The molecule has 1 aliphatic heterocycles. The van der Waals surface area contributed by atoms with E-state index in [-0.39, 0.29) is 18.7 Å². The summed E-state index contributed by atoms with van der Waals surface area (Å²) in [6.07, 6.45) is -2.61. The average molecular weight is 415 g/mol. The smallest absolute Gasteiger partial charge is 0.399 e. The van der Waals surface area contributed by atoms with Crippen molar-refractivity contribution in [3.63, 3.8) is 0 Å². The van der Waals surface area contributed by atoms with E-state index < -0.39 is 22.7 Å². The van der Waals surface area contributed by atoms with Crippen molar-refractivity contribution < 1.29 is 18.0 Å². The zero-order valence-corrected chi connectivity index (χ0v) is 15.6. The molecule has 0 saturated carbocycles. The van der Waals surface area contributed by atoms with Gasteiger partial charge >= 0.3 is 6.18 Å². The predicted molar refractivity (Wildman–Crippen MR) is 98.1 cm³/mol. The van der Waals surface area contributed by atoms with Gasteiger partial charge < -0.3 is 10.6 Å². The van der Waals surface area contributed by atoms with Gasteiger partial charge in [-0.05, 0) is 12.1 Å². The summed E-state index contributed by atoms with van der Waals surface area (Å²) in [7, 11) is 1.75. The van der Waals surface area contributed by atoms with E-state index in [0.717, 1.165) is 12.1 Å². The van der Waals surface area contributed by atoms with Crippen LogP contribution in [0.5, 0.6) is 0 Å². The van der Waals surface area contributed by atoms with Gasteiger partial charge in [-0.25, -0.2) is 5.84 Å². The molecule has 3 rings (SSSR count). The van der Waals surface area contributed by atoms with Crippen LogP contribution in [0.2, 0.25) is 5.02 Å². The maximum atomic E-state index is 13.0. The lowest BCUT2D eigenvalue weighted by molar-refractivity contribution is -0.137. The molecule has 0 radical (unpaired) electrons. The minimum Gasteiger partial charge on any atom is -0.399 e. The van der Waals surface area contributed by atoms with Crippen LogP contribution in [-0.2, 0) is 13.2 Å². The molecule has 0 saturated heterocycles. The molecule has 1 amide bonds. The lowest BCUT2D eigenvalue weighted by Crippen LogP contribution is -2.44. The molecule has 0 atom stereocenters. The molecular weight excluding hydrogens is 397 g/mol. The first-order valence-electron chi connectivity index (χ1n) is 8.26. The number of hydrogen-bond donors (Lipinski definition) is 2. The maximum absolute atomic E-state index is 13.0. The molecule has 7 nitrogen and oxygen atoms in total. The van der Waals surface area contributed by atoms with Crippen LogP contribution < -0.4 is 16.6 Å². The summed E-state index contributed by atoms with van der Waals surface area (Å²) in [5, 5.41) is 4.91. The fourth-order valence-corrected chi connectivity index (χ4v) is 3.30. The Labute approximate surface area is 163 Å². The first kappa shape index (κ1) is 20.0. The molecule has 28 heavy (non-hydrogen) atoms. The third-order valence-electron chi connectivity index (χ3n) is 4.41. The number of hydrazine groups is 1. The third-order valence-corrected chi connectivity index (χ3v) is 4.82. The van der Waals surface area contributed by atoms with Crippen LogP contribution in [0.15, 0.2) is 41.9 Å². The van der Waals surface area contributed by atoms with Gasteiger partial charge in [0.1, 0.15) is 0 Å². The van der Waals surface area contributed by atoms with Gasteiger partial charge in [-0.3, -0.25) is 14.5 Å². The van der Waals surface area contributed by atoms with Crippen molar-refractivity contribution in [3.8, 4) is 0 Å². The fraction of sp³-hybridized carbons (Fsp3) is 0.294. The van der Waals surface area contributed by atoms with Crippen LogP contribution in [0.4, 0.5) is 19.0 Å². The standard InChI is InChI=1S/C17H18ClF3N6O/c1-25-7-6-14(24-25)27(23)13-5-8-26(9-12(13)22)16(28)10-3-2-4-11(15(10)18)17(19,20)21/h2-4,6-7H,5,8-9,22-23H2,1H3. The molecule has 0 bridgehead atoms. The van der Waals surface area contributed by atoms with Gasteiger partial charge in [0.25, 0.3) is 5.91 Å². The highest BCUT2D eigenvalue weighted by atomic mass is 35.5. The van der Waals surface area contributed by atoms with Crippen LogP contribution in [0.3, 0.4) is 0 Å². The molecule has 2 heterocycles. The fourth-order valence-electron chi connectivity index (χ4n) is 2.98. The Morgan fingerprint density at radius 2 is 2.04 bits per heavy atom. The van der Waals surface area contributed by atoms with Crippen molar-refractivity contribution >= 4 is 23.3 Å². The minimum atomic E-state index is -4.65. The van der Waals surface area contributed by atoms with E-state index in [1.165, 1.54) is 16.0 Å². The quantitative estimate of drug-likeness (QED) is 0.594. The zero-order chi connectivity index (χ0) is 20.6. The van der Waals surface area contributed by atoms with Crippen molar-refractivity contribution in [3.05, 3.63) is 58.0 Å². The van der Waals surface area contributed by atoms with Crippen molar-refractivity contribution in [2.24, 2.45) is 18.6 Å². The highest BCUT2D eigenvalue weighted by Crippen LogP contribution is 2.36. The van der Waals surface area contributed by atoms with Gasteiger partial charge in [-0.2, -0.15) is 18.3 Å². The van der Waals surface area contributed by atoms with E-state index in [1.54, 1.807) is 24.0 Å². The van der Waals surface area contributed by atoms with E-state index >= 15 is 0 Å². The summed E-state index contributed by atoms with van der Waals surface area (Å²) in [4.78, 5) is 14.1. The highest BCUT2D eigenvalue weighted by molar-refractivity contribution is 6.34. The topological polar surface area (TPSA) is 93.4 Å². The summed E-state index contributed by atoms with van der Waals surface area (Å²) in [5.74, 6) is 5.93.